The van der Waals surface area contributed by atoms with Gasteiger partial charge in [0.05, 0.1) is 10.9 Å². The van der Waals surface area contributed by atoms with Crippen molar-refractivity contribution in [3.8, 4) is 0 Å². The third-order valence-corrected chi connectivity index (χ3v) is 4.45. The Hall–Kier alpha value is -1.62. The van der Waals surface area contributed by atoms with Gasteiger partial charge in [0.15, 0.2) is 21.9 Å². The minimum atomic E-state index is -0.182. The summed E-state index contributed by atoms with van der Waals surface area (Å²) in [6.45, 7) is 5.25. The van der Waals surface area contributed by atoms with Gasteiger partial charge in [-0.15, -0.1) is 0 Å². The second-order valence-electron chi connectivity index (χ2n) is 5.38. The average molecular weight is 303 g/mol. The van der Waals surface area contributed by atoms with Gasteiger partial charge in [-0.1, -0.05) is 18.7 Å². The van der Waals surface area contributed by atoms with Crippen molar-refractivity contribution in [3.63, 3.8) is 0 Å². The highest BCUT2D eigenvalue weighted by Gasteiger charge is 2.32. The van der Waals surface area contributed by atoms with Gasteiger partial charge in [0.25, 0.3) is 0 Å². The Labute approximate surface area is 126 Å². The van der Waals surface area contributed by atoms with Crippen LogP contribution in [0.15, 0.2) is 20.4 Å². The molecule has 0 N–H and O–H groups in total. The van der Waals surface area contributed by atoms with E-state index in [1.54, 1.807) is 13.0 Å². The number of aryl methyl sites for hydroxylation is 1. The maximum absolute atomic E-state index is 12.8. The Morgan fingerprint density at radius 2 is 2.19 bits per heavy atom. The number of nitrogens with zero attached hydrogens (tertiary/aromatic N) is 1. The number of thioether (sulfide) groups is 1. The van der Waals surface area contributed by atoms with Crippen molar-refractivity contribution in [2.45, 2.75) is 44.6 Å². The molecule has 0 spiro atoms. The van der Waals surface area contributed by atoms with E-state index in [0.717, 1.165) is 24.2 Å². The van der Waals surface area contributed by atoms with E-state index in [4.69, 9.17) is 4.42 Å². The molecule has 21 heavy (non-hydrogen) atoms. The Kier molecular flexibility index (Phi) is 3.61. The molecule has 0 aliphatic heterocycles. The Balaban J connectivity index is 2.39. The fourth-order valence-electron chi connectivity index (χ4n) is 2.52. The minimum Gasteiger partial charge on any atom is -0.447 e. The van der Waals surface area contributed by atoms with Gasteiger partial charge in [0.2, 0.25) is 0 Å². The van der Waals surface area contributed by atoms with Crippen LogP contribution >= 0.6 is 11.8 Å². The molecule has 4 nitrogen and oxygen atoms in total. The molecule has 5 heteroatoms. The first-order chi connectivity index (χ1) is 10.0. The van der Waals surface area contributed by atoms with E-state index in [1.807, 2.05) is 6.92 Å². The average Bonchev–Trinajstić information content (AvgIpc) is 3.24. The maximum atomic E-state index is 12.8. The Morgan fingerprint density at radius 1 is 1.48 bits per heavy atom. The smallest absolute Gasteiger partial charge is 0.197 e. The normalized spacial score (nSPS) is 14.6. The van der Waals surface area contributed by atoms with Crippen LogP contribution in [0, 0.1) is 6.92 Å². The van der Waals surface area contributed by atoms with Crippen molar-refractivity contribution in [1.29, 1.82) is 0 Å². The first-order valence-corrected chi connectivity index (χ1v) is 8.13. The second kappa shape index (κ2) is 5.30. The molecule has 2 heterocycles. The zero-order chi connectivity index (χ0) is 15.1. The molecule has 1 saturated carbocycles. The fraction of sp³-hybridized carbons (Fsp3) is 0.438. The van der Waals surface area contributed by atoms with E-state index < -0.39 is 0 Å². The van der Waals surface area contributed by atoms with Gasteiger partial charge in [-0.25, -0.2) is 4.98 Å². The fourth-order valence-corrected chi connectivity index (χ4v) is 3.34. The van der Waals surface area contributed by atoms with Crippen molar-refractivity contribution in [3.05, 3.63) is 33.2 Å². The van der Waals surface area contributed by atoms with E-state index in [-0.39, 0.29) is 16.9 Å². The zero-order valence-electron chi connectivity index (χ0n) is 12.4. The van der Waals surface area contributed by atoms with E-state index >= 15 is 0 Å². The monoisotopic (exact) mass is 303 g/mol. The SMILES string of the molecule is CCSc1oc2c(C(C)=O)nc(C)cc2c(=O)c1C1CC1. The number of aromatic nitrogens is 1. The summed E-state index contributed by atoms with van der Waals surface area (Å²) >= 11 is 1.52. The molecule has 0 unspecified atom stereocenters. The highest BCUT2D eigenvalue weighted by Crippen LogP contribution is 2.43. The first-order valence-electron chi connectivity index (χ1n) is 7.15. The van der Waals surface area contributed by atoms with Gasteiger partial charge in [-0.2, -0.15) is 0 Å². The molecule has 0 aromatic carbocycles. The van der Waals surface area contributed by atoms with E-state index in [2.05, 4.69) is 4.98 Å². The van der Waals surface area contributed by atoms with Crippen molar-refractivity contribution < 1.29 is 9.21 Å². The van der Waals surface area contributed by atoms with Crippen LogP contribution < -0.4 is 5.43 Å². The lowest BCUT2D eigenvalue weighted by atomic mass is 10.1. The van der Waals surface area contributed by atoms with Crippen LogP contribution in [0.25, 0.3) is 11.0 Å². The van der Waals surface area contributed by atoms with Crippen LogP contribution in [0.5, 0.6) is 0 Å². The van der Waals surface area contributed by atoms with E-state index in [0.29, 0.717) is 27.7 Å². The number of Topliss-reactive ketones (excluding diaryl/α,β-unsaturated/α-hetero) is 1. The van der Waals surface area contributed by atoms with Crippen LogP contribution in [0.1, 0.15) is 54.4 Å². The standard InChI is InChI=1S/C16H17NO3S/c1-4-21-16-12(10-5-6-10)14(19)11-7-8(2)17-13(9(3)18)15(11)20-16/h7,10H,4-6H2,1-3H3. The first kappa shape index (κ1) is 14.3. The third kappa shape index (κ3) is 2.50. The third-order valence-electron chi connectivity index (χ3n) is 3.60. The Morgan fingerprint density at radius 3 is 2.76 bits per heavy atom. The number of ketones is 1. The molecule has 1 fully saturated rings. The topological polar surface area (TPSA) is 60.2 Å². The zero-order valence-corrected chi connectivity index (χ0v) is 13.2. The maximum Gasteiger partial charge on any atom is 0.197 e. The van der Waals surface area contributed by atoms with Gasteiger partial charge in [-0.3, -0.25) is 9.59 Å². The van der Waals surface area contributed by atoms with Crippen molar-refractivity contribution in [1.82, 2.24) is 4.98 Å². The summed E-state index contributed by atoms with van der Waals surface area (Å²) in [6, 6.07) is 1.72. The lowest BCUT2D eigenvalue weighted by Gasteiger charge is -2.10. The summed E-state index contributed by atoms with van der Waals surface area (Å²) in [5.41, 5.74) is 2.04. The van der Waals surface area contributed by atoms with Crippen LogP contribution in [-0.4, -0.2) is 16.5 Å². The molecule has 2 aromatic heterocycles. The number of carbonyl (C=O) groups is 1. The summed E-state index contributed by atoms with van der Waals surface area (Å²) in [7, 11) is 0. The van der Waals surface area contributed by atoms with Crippen molar-refractivity contribution in [2.75, 3.05) is 5.75 Å². The van der Waals surface area contributed by atoms with Gasteiger partial charge in [-0.05, 0) is 37.5 Å². The van der Waals surface area contributed by atoms with Gasteiger partial charge in [0, 0.05) is 12.6 Å². The number of fused-ring (bicyclic) bond motifs is 1. The van der Waals surface area contributed by atoms with Gasteiger partial charge >= 0.3 is 0 Å². The molecule has 0 radical (unpaired) electrons. The van der Waals surface area contributed by atoms with Crippen LogP contribution in [-0.2, 0) is 0 Å². The molecule has 2 aromatic rings. The lowest BCUT2D eigenvalue weighted by molar-refractivity contribution is 0.101. The number of carbonyl (C=O) groups excluding carboxylic acids is 1. The van der Waals surface area contributed by atoms with E-state index in [1.165, 1.54) is 18.7 Å². The van der Waals surface area contributed by atoms with Crippen LogP contribution in [0.3, 0.4) is 0 Å². The van der Waals surface area contributed by atoms with Crippen molar-refractivity contribution in [2.24, 2.45) is 0 Å². The molecular formula is C16H17NO3S. The van der Waals surface area contributed by atoms with Gasteiger partial charge < -0.3 is 4.42 Å². The van der Waals surface area contributed by atoms with Crippen molar-refractivity contribution >= 4 is 28.5 Å². The van der Waals surface area contributed by atoms with Gasteiger partial charge in [0.1, 0.15) is 5.69 Å². The number of rotatable bonds is 4. The molecule has 0 amide bonds. The molecule has 110 valence electrons. The highest BCUT2D eigenvalue weighted by molar-refractivity contribution is 7.99. The van der Waals surface area contributed by atoms with E-state index in [9.17, 15) is 9.59 Å². The van der Waals surface area contributed by atoms with Crippen LogP contribution in [0.2, 0.25) is 0 Å². The predicted octanol–water partition coefficient (Wildman–Crippen LogP) is 3.69. The number of pyridine rings is 1. The summed E-state index contributed by atoms with van der Waals surface area (Å²) in [5.74, 6) is 0.954. The quantitative estimate of drug-likeness (QED) is 0.637. The van der Waals surface area contributed by atoms with Crippen LogP contribution in [0.4, 0.5) is 0 Å². The minimum absolute atomic E-state index is 0.00250. The summed E-state index contributed by atoms with van der Waals surface area (Å²) < 4.78 is 5.94. The molecular weight excluding hydrogens is 286 g/mol. The largest absolute Gasteiger partial charge is 0.447 e. The Bertz CT molecular complexity index is 790. The number of hydrogen-bond acceptors (Lipinski definition) is 5. The molecule has 0 atom stereocenters. The predicted molar refractivity (Wildman–Crippen MR) is 83.4 cm³/mol. The molecule has 1 aliphatic carbocycles. The summed E-state index contributed by atoms with van der Waals surface area (Å²) in [6.07, 6.45) is 2.08. The summed E-state index contributed by atoms with van der Waals surface area (Å²) in [5, 5.41) is 1.14. The second-order valence-corrected chi connectivity index (χ2v) is 6.62. The molecule has 0 saturated heterocycles. The molecule has 1 aliphatic rings. The molecule has 3 rings (SSSR count). The number of hydrogen-bond donors (Lipinski definition) is 0. The molecule has 0 bridgehead atoms. The summed E-state index contributed by atoms with van der Waals surface area (Å²) in [4.78, 5) is 28.9. The highest BCUT2D eigenvalue weighted by atomic mass is 32.2. The lowest BCUT2D eigenvalue weighted by Crippen LogP contribution is -2.13.